The molecule has 4 aromatic rings. The maximum absolute atomic E-state index is 4.70. The third-order valence-corrected chi connectivity index (χ3v) is 4.38. The Balaban J connectivity index is 1.68. The lowest BCUT2D eigenvalue weighted by atomic mass is 9.99. The van der Waals surface area contributed by atoms with E-state index >= 15 is 0 Å². The Kier molecular flexibility index (Phi) is 5.07. The topological polar surface area (TPSA) is 24.4 Å². The second-order valence-corrected chi connectivity index (χ2v) is 6.25. The van der Waals surface area contributed by atoms with E-state index in [0.29, 0.717) is 0 Å². The van der Waals surface area contributed by atoms with Crippen LogP contribution >= 0.6 is 0 Å². The van der Waals surface area contributed by atoms with Crippen molar-refractivity contribution in [1.29, 1.82) is 0 Å². The molecule has 0 heterocycles. The molecule has 0 bridgehead atoms. The van der Waals surface area contributed by atoms with Crippen molar-refractivity contribution in [2.45, 2.75) is 0 Å². The average Bonchev–Trinajstić information content (AvgIpc) is 2.76. The fourth-order valence-electron chi connectivity index (χ4n) is 2.98. The van der Waals surface area contributed by atoms with Gasteiger partial charge in [-0.3, -0.25) is 5.43 Å². The highest BCUT2D eigenvalue weighted by molar-refractivity contribution is 6.13. The quantitative estimate of drug-likeness (QED) is 0.336. The van der Waals surface area contributed by atoms with Gasteiger partial charge >= 0.3 is 0 Å². The second-order valence-electron chi connectivity index (χ2n) is 6.25. The molecule has 0 saturated carbocycles. The molecule has 0 radical (unpaired) electrons. The van der Waals surface area contributed by atoms with Crippen molar-refractivity contribution in [3.8, 4) is 11.1 Å². The summed E-state index contributed by atoms with van der Waals surface area (Å²) in [6.45, 7) is 0. The van der Waals surface area contributed by atoms with Crippen molar-refractivity contribution in [3.05, 3.63) is 126 Å². The summed E-state index contributed by atoms with van der Waals surface area (Å²) in [6, 6.07) is 39.2. The summed E-state index contributed by atoms with van der Waals surface area (Å²) < 4.78 is 0. The van der Waals surface area contributed by atoms with Gasteiger partial charge in [0.05, 0.1) is 11.4 Å². The Bertz CT molecular complexity index is 1010. The number of nitrogens with one attached hydrogen (secondary N) is 1. The van der Waals surface area contributed by atoms with Crippen molar-refractivity contribution < 1.29 is 0 Å². The fraction of sp³-hybridized carbons (Fsp3) is 0. The van der Waals surface area contributed by atoms with Crippen LogP contribution in [0.5, 0.6) is 0 Å². The molecule has 0 amide bonds. The molecule has 0 aromatic heterocycles. The maximum atomic E-state index is 4.70. The lowest BCUT2D eigenvalue weighted by molar-refractivity contribution is 1.32. The summed E-state index contributed by atoms with van der Waals surface area (Å²) >= 11 is 0. The van der Waals surface area contributed by atoms with Gasteiger partial charge in [0.2, 0.25) is 0 Å². The number of para-hydroxylation sites is 1. The first-order chi connectivity index (χ1) is 13.4. The Morgan fingerprint density at radius 3 is 1.59 bits per heavy atom. The molecule has 0 aliphatic heterocycles. The van der Waals surface area contributed by atoms with Gasteiger partial charge in [-0.05, 0) is 23.3 Å². The minimum Gasteiger partial charge on any atom is -0.278 e. The first-order valence-electron chi connectivity index (χ1n) is 9.00. The van der Waals surface area contributed by atoms with E-state index in [4.69, 9.17) is 5.10 Å². The van der Waals surface area contributed by atoms with Crippen molar-refractivity contribution in [1.82, 2.24) is 0 Å². The van der Waals surface area contributed by atoms with Crippen molar-refractivity contribution in [2.24, 2.45) is 5.10 Å². The molecule has 4 rings (SSSR count). The lowest BCUT2D eigenvalue weighted by Gasteiger charge is -2.10. The maximum Gasteiger partial charge on any atom is 0.0977 e. The van der Waals surface area contributed by atoms with Crippen molar-refractivity contribution in [2.75, 3.05) is 5.43 Å². The molecule has 0 spiro atoms. The van der Waals surface area contributed by atoms with Crippen LogP contribution in [0.25, 0.3) is 11.1 Å². The van der Waals surface area contributed by atoms with E-state index in [2.05, 4.69) is 66.1 Å². The summed E-state index contributed by atoms with van der Waals surface area (Å²) in [4.78, 5) is 0. The predicted molar refractivity (Wildman–Crippen MR) is 114 cm³/mol. The summed E-state index contributed by atoms with van der Waals surface area (Å²) in [5.41, 5.74) is 9.62. The van der Waals surface area contributed by atoms with Crippen LogP contribution in [0.15, 0.2) is 120 Å². The number of benzene rings is 4. The van der Waals surface area contributed by atoms with E-state index < -0.39 is 0 Å². The van der Waals surface area contributed by atoms with Crippen LogP contribution in [0.2, 0.25) is 0 Å². The third-order valence-electron chi connectivity index (χ3n) is 4.38. The van der Waals surface area contributed by atoms with Gasteiger partial charge in [-0.25, -0.2) is 0 Å². The largest absolute Gasteiger partial charge is 0.278 e. The van der Waals surface area contributed by atoms with Gasteiger partial charge in [-0.1, -0.05) is 103 Å². The molecule has 0 aliphatic rings. The van der Waals surface area contributed by atoms with Gasteiger partial charge in [-0.2, -0.15) is 5.10 Å². The minimum atomic E-state index is 0.916. The van der Waals surface area contributed by atoms with Crippen LogP contribution in [-0.4, -0.2) is 5.71 Å². The number of hydrazone groups is 1. The van der Waals surface area contributed by atoms with E-state index in [0.717, 1.165) is 22.5 Å². The highest BCUT2D eigenvalue weighted by atomic mass is 15.3. The van der Waals surface area contributed by atoms with Gasteiger partial charge < -0.3 is 0 Å². The molecule has 0 atom stereocenters. The van der Waals surface area contributed by atoms with E-state index in [1.165, 1.54) is 11.1 Å². The normalized spacial score (nSPS) is 11.2. The summed E-state index contributed by atoms with van der Waals surface area (Å²) in [5, 5.41) is 4.70. The molecule has 1 N–H and O–H groups in total. The molecule has 0 unspecified atom stereocenters. The summed E-state index contributed by atoms with van der Waals surface area (Å²) in [6.07, 6.45) is 0. The number of rotatable bonds is 5. The molecule has 0 fully saturated rings. The van der Waals surface area contributed by atoms with E-state index in [1.807, 2.05) is 54.6 Å². The Hall–Kier alpha value is -3.65. The molecular weight excluding hydrogens is 328 g/mol. The molecular formula is C25H20N2. The molecule has 130 valence electrons. The molecule has 2 heteroatoms. The zero-order chi connectivity index (χ0) is 18.3. The highest BCUT2D eigenvalue weighted by Gasteiger charge is 2.08. The van der Waals surface area contributed by atoms with E-state index in [9.17, 15) is 0 Å². The van der Waals surface area contributed by atoms with Crippen LogP contribution in [-0.2, 0) is 0 Å². The Morgan fingerprint density at radius 2 is 0.963 bits per heavy atom. The SMILES string of the molecule is c1ccc(N/N=C(\c2ccccc2)c2ccc(-c3ccccc3)cc2)cc1. The highest BCUT2D eigenvalue weighted by Crippen LogP contribution is 2.21. The summed E-state index contributed by atoms with van der Waals surface area (Å²) in [7, 11) is 0. The third kappa shape index (κ3) is 4.13. The molecule has 2 nitrogen and oxygen atoms in total. The number of anilines is 1. The summed E-state index contributed by atoms with van der Waals surface area (Å²) in [5.74, 6) is 0. The fourth-order valence-corrected chi connectivity index (χ4v) is 2.98. The lowest BCUT2D eigenvalue weighted by Crippen LogP contribution is -2.06. The zero-order valence-electron chi connectivity index (χ0n) is 14.9. The van der Waals surface area contributed by atoms with Crippen LogP contribution < -0.4 is 5.43 Å². The van der Waals surface area contributed by atoms with Gasteiger partial charge in [0.15, 0.2) is 0 Å². The van der Waals surface area contributed by atoms with Crippen molar-refractivity contribution >= 4 is 11.4 Å². The van der Waals surface area contributed by atoms with Crippen molar-refractivity contribution in [3.63, 3.8) is 0 Å². The van der Waals surface area contributed by atoms with Gasteiger partial charge in [-0.15, -0.1) is 0 Å². The Labute approximate surface area is 159 Å². The van der Waals surface area contributed by atoms with Gasteiger partial charge in [0.1, 0.15) is 0 Å². The minimum absolute atomic E-state index is 0.916. The van der Waals surface area contributed by atoms with Gasteiger partial charge in [0, 0.05) is 11.1 Å². The monoisotopic (exact) mass is 348 g/mol. The zero-order valence-corrected chi connectivity index (χ0v) is 14.9. The first-order valence-corrected chi connectivity index (χ1v) is 9.00. The van der Waals surface area contributed by atoms with E-state index in [-0.39, 0.29) is 0 Å². The standard InChI is InChI=1S/C25H20N2/c1-4-10-20(11-5-1)21-16-18-23(19-17-21)25(22-12-6-2-7-13-22)27-26-24-14-8-3-9-15-24/h1-19,26H/b27-25+. The number of hydrogen-bond acceptors (Lipinski definition) is 2. The first kappa shape index (κ1) is 16.8. The molecule has 0 aliphatic carbocycles. The smallest absolute Gasteiger partial charge is 0.0977 e. The average molecular weight is 348 g/mol. The van der Waals surface area contributed by atoms with E-state index in [1.54, 1.807) is 0 Å². The predicted octanol–water partition coefficient (Wildman–Crippen LogP) is 6.22. The van der Waals surface area contributed by atoms with Crippen LogP contribution in [0.3, 0.4) is 0 Å². The van der Waals surface area contributed by atoms with Crippen LogP contribution in [0, 0.1) is 0 Å². The molecule has 0 saturated heterocycles. The number of nitrogens with zero attached hydrogens (tertiary/aromatic N) is 1. The van der Waals surface area contributed by atoms with Gasteiger partial charge in [0.25, 0.3) is 0 Å². The second kappa shape index (κ2) is 8.15. The molecule has 4 aromatic carbocycles. The Morgan fingerprint density at radius 1 is 0.481 bits per heavy atom. The van der Waals surface area contributed by atoms with Crippen LogP contribution in [0.1, 0.15) is 11.1 Å². The number of hydrogen-bond donors (Lipinski definition) is 1. The van der Waals surface area contributed by atoms with Crippen LogP contribution in [0.4, 0.5) is 5.69 Å². The molecule has 27 heavy (non-hydrogen) atoms.